The molecule has 2 heterocycles. The van der Waals surface area contributed by atoms with E-state index in [0.717, 1.165) is 19.6 Å². The molecule has 0 radical (unpaired) electrons. The van der Waals surface area contributed by atoms with E-state index >= 15 is 0 Å². The molecule has 0 aromatic heterocycles. The minimum Gasteiger partial charge on any atom is -0.373 e. The number of nitrogens with zero attached hydrogens (tertiary/aromatic N) is 2. The van der Waals surface area contributed by atoms with E-state index in [1.165, 1.54) is 264 Å². The van der Waals surface area contributed by atoms with Crippen LogP contribution in [0.1, 0.15) is 244 Å². The number of hydrogen-bond acceptors (Lipinski definition) is 4. The van der Waals surface area contributed by atoms with Crippen LogP contribution in [-0.4, -0.2) is 49.1 Å². The Morgan fingerprint density at radius 2 is 0.828 bits per heavy atom. The Balaban J connectivity index is 1.30. The van der Waals surface area contributed by atoms with Crippen molar-refractivity contribution in [1.29, 1.82) is 0 Å². The van der Waals surface area contributed by atoms with Crippen molar-refractivity contribution in [2.75, 3.05) is 39.3 Å². The van der Waals surface area contributed by atoms with E-state index in [-0.39, 0.29) is 0 Å². The van der Waals surface area contributed by atoms with Gasteiger partial charge in [0, 0.05) is 32.4 Å². The van der Waals surface area contributed by atoms with Gasteiger partial charge in [0.1, 0.15) is 0 Å². The second-order valence-corrected chi connectivity index (χ2v) is 18.4. The molecule has 0 aliphatic carbocycles. The number of allylic oxidation sites excluding steroid dienone is 6. The van der Waals surface area contributed by atoms with Crippen LogP contribution in [0.15, 0.2) is 60.0 Å². The Morgan fingerprint density at radius 1 is 0.431 bits per heavy atom. The molecular formula is C54H100N4. The summed E-state index contributed by atoms with van der Waals surface area (Å²) in [6.07, 6.45) is 71.4. The first-order chi connectivity index (χ1) is 28.8. The molecule has 0 saturated heterocycles. The summed E-state index contributed by atoms with van der Waals surface area (Å²) in [4.78, 5) is 5.14. The highest BCUT2D eigenvalue weighted by molar-refractivity contribution is 5.22. The number of hydrogen-bond donors (Lipinski definition) is 2. The standard InChI is InChI=1S/C54H100N4/c55-45-35-29-23-17-11-5-1-3-7-13-19-25-31-37-47-57-49-39-43-53(51-57)41-33-27-21-15-9-10-16-22-28-34-42-54-44-40-50-58(52-54)48-38-32-26-20-14-8-4-2-6-12-18-24-30-36-46-56/h1,5,39-40,43-44,50-51H,2-4,6-38,41-42,45-49,52,55-56H2. The third kappa shape index (κ3) is 34.0. The van der Waals surface area contributed by atoms with Crippen LogP contribution in [0.5, 0.6) is 0 Å². The Morgan fingerprint density at radius 3 is 1.31 bits per heavy atom. The molecule has 0 bridgehead atoms. The summed E-state index contributed by atoms with van der Waals surface area (Å²) in [6.45, 7) is 6.46. The van der Waals surface area contributed by atoms with Crippen LogP contribution in [0.3, 0.4) is 0 Å². The van der Waals surface area contributed by atoms with Crippen LogP contribution in [0.25, 0.3) is 0 Å². The fourth-order valence-electron chi connectivity index (χ4n) is 8.91. The second-order valence-electron chi connectivity index (χ2n) is 18.4. The van der Waals surface area contributed by atoms with E-state index in [1.54, 1.807) is 11.1 Å². The zero-order valence-corrected chi connectivity index (χ0v) is 38.8. The first-order valence-corrected chi connectivity index (χ1v) is 26.1. The summed E-state index contributed by atoms with van der Waals surface area (Å²) in [5.74, 6) is 0. The third-order valence-electron chi connectivity index (χ3n) is 12.7. The maximum Gasteiger partial charge on any atom is 0.0386 e. The topological polar surface area (TPSA) is 58.5 Å². The van der Waals surface area contributed by atoms with Crippen LogP contribution < -0.4 is 11.5 Å². The lowest BCUT2D eigenvalue weighted by Crippen LogP contribution is -2.23. The maximum absolute atomic E-state index is 5.58. The van der Waals surface area contributed by atoms with Crippen molar-refractivity contribution < 1.29 is 0 Å². The predicted octanol–water partition coefficient (Wildman–Crippen LogP) is 15.8. The largest absolute Gasteiger partial charge is 0.373 e. The molecule has 2 rings (SSSR count). The minimum absolute atomic E-state index is 0.848. The molecule has 336 valence electrons. The van der Waals surface area contributed by atoms with Gasteiger partial charge >= 0.3 is 0 Å². The van der Waals surface area contributed by atoms with Crippen molar-refractivity contribution in [2.24, 2.45) is 11.5 Å². The van der Waals surface area contributed by atoms with E-state index in [1.807, 2.05) is 0 Å². The molecule has 0 saturated carbocycles. The first-order valence-electron chi connectivity index (χ1n) is 26.1. The zero-order chi connectivity index (χ0) is 41.1. The zero-order valence-electron chi connectivity index (χ0n) is 38.8. The van der Waals surface area contributed by atoms with Gasteiger partial charge in [-0.15, -0.1) is 0 Å². The van der Waals surface area contributed by atoms with Gasteiger partial charge in [-0.3, -0.25) is 0 Å². The van der Waals surface area contributed by atoms with E-state index in [9.17, 15) is 0 Å². The van der Waals surface area contributed by atoms with Gasteiger partial charge in [-0.25, -0.2) is 0 Å². The molecule has 2 aliphatic heterocycles. The average Bonchev–Trinajstić information content (AvgIpc) is 3.24. The monoisotopic (exact) mass is 805 g/mol. The highest BCUT2D eigenvalue weighted by atomic mass is 15.1. The SMILES string of the molecule is NCCCCCCC=CCCCCCCCCN1C=C(CCCCCCCCCCCCC2=CC=CN(CCCCCCCCCCCCCCCCN)C2)C=CC1. The highest BCUT2D eigenvalue weighted by Gasteiger charge is 2.08. The summed E-state index contributed by atoms with van der Waals surface area (Å²) in [5, 5.41) is 0. The van der Waals surface area contributed by atoms with Crippen LogP contribution in [0.2, 0.25) is 0 Å². The summed E-state index contributed by atoms with van der Waals surface area (Å²) >= 11 is 0. The third-order valence-corrected chi connectivity index (χ3v) is 12.7. The number of rotatable bonds is 44. The molecule has 0 atom stereocenters. The van der Waals surface area contributed by atoms with Crippen molar-refractivity contribution in [2.45, 2.75) is 244 Å². The lowest BCUT2D eigenvalue weighted by molar-refractivity contribution is 0.378. The van der Waals surface area contributed by atoms with Crippen LogP contribution in [-0.2, 0) is 0 Å². The molecule has 4 heteroatoms. The Labute approximate surface area is 363 Å². The van der Waals surface area contributed by atoms with Crippen molar-refractivity contribution in [3.8, 4) is 0 Å². The molecule has 0 fully saturated rings. The number of unbranched alkanes of at least 4 members (excludes halogenated alkanes) is 32. The van der Waals surface area contributed by atoms with E-state index in [2.05, 4.69) is 58.7 Å². The molecular weight excluding hydrogens is 705 g/mol. The van der Waals surface area contributed by atoms with Crippen LogP contribution in [0.4, 0.5) is 0 Å². The molecule has 0 aromatic rings. The molecule has 58 heavy (non-hydrogen) atoms. The molecule has 0 amide bonds. The van der Waals surface area contributed by atoms with Gasteiger partial charge in [-0.05, 0) is 108 Å². The van der Waals surface area contributed by atoms with Gasteiger partial charge < -0.3 is 21.3 Å². The Bertz CT molecular complexity index is 1020. The lowest BCUT2D eigenvalue weighted by atomic mass is 10.0. The molecule has 0 spiro atoms. The summed E-state index contributed by atoms with van der Waals surface area (Å²) in [5.41, 5.74) is 14.4. The quantitative estimate of drug-likeness (QED) is 0.0476. The van der Waals surface area contributed by atoms with Gasteiger partial charge in [0.2, 0.25) is 0 Å². The fraction of sp³-hybridized carbons (Fsp3) is 0.815. The first kappa shape index (κ1) is 52.4. The van der Waals surface area contributed by atoms with E-state index in [4.69, 9.17) is 11.5 Å². The summed E-state index contributed by atoms with van der Waals surface area (Å²) in [7, 11) is 0. The molecule has 4 N–H and O–H groups in total. The van der Waals surface area contributed by atoms with Gasteiger partial charge in [0.15, 0.2) is 0 Å². The van der Waals surface area contributed by atoms with Crippen molar-refractivity contribution in [1.82, 2.24) is 9.80 Å². The minimum atomic E-state index is 0.848. The normalized spacial score (nSPS) is 14.3. The van der Waals surface area contributed by atoms with Gasteiger partial charge in [-0.2, -0.15) is 0 Å². The summed E-state index contributed by atoms with van der Waals surface area (Å²) in [6, 6.07) is 0. The highest BCUT2D eigenvalue weighted by Crippen LogP contribution is 2.20. The lowest BCUT2D eigenvalue weighted by Gasteiger charge is -2.25. The predicted molar refractivity (Wildman–Crippen MR) is 260 cm³/mol. The van der Waals surface area contributed by atoms with Crippen molar-refractivity contribution >= 4 is 0 Å². The Hall–Kier alpha value is -1.78. The molecule has 2 aliphatic rings. The van der Waals surface area contributed by atoms with Crippen LogP contribution in [0, 0.1) is 0 Å². The average molecular weight is 805 g/mol. The Kier molecular flexibility index (Phi) is 37.9. The van der Waals surface area contributed by atoms with Gasteiger partial charge in [0.25, 0.3) is 0 Å². The molecule has 0 aromatic carbocycles. The van der Waals surface area contributed by atoms with Crippen molar-refractivity contribution in [3.05, 3.63) is 60.0 Å². The fourth-order valence-corrected chi connectivity index (χ4v) is 8.91. The molecule has 4 nitrogen and oxygen atoms in total. The van der Waals surface area contributed by atoms with Gasteiger partial charge in [-0.1, -0.05) is 203 Å². The molecule has 0 unspecified atom stereocenters. The smallest absolute Gasteiger partial charge is 0.0386 e. The van der Waals surface area contributed by atoms with E-state index in [0.29, 0.717) is 0 Å². The van der Waals surface area contributed by atoms with E-state index < -0.39 is 0 Å². The van der Waals surface area contributed by atoms with Gasteiger partial charge in [0.05, 0.1) is 0 Å². The summed E-state index contributed by atoms with van der Waals surface area (Å²) < 4.78 is 0. The maximum atomic E-state index is 5.58. The van der Waals surface area contributed by atoms with Crippen molar-refractivity contribution in [3.63, 3.8) is 0 Å². The number of nitrogens with two attached hydrogens (primary N) is 2. The van der Waals surface area contributed by atoms with Crippen LogP contribution >= 0.6 is 0 Å². The second kappa shape index (κ2) is 41.9.